The minimum absolute atomic E-state index is 0.00765. The number of amides is 2. The molecule has 7 heteroatoms. The Hall–Kier alpha value is -2.48. The molecule has 5 fully saturated rings. The average Bonchev–Trinajstić information content (AvgIpc) is 3.49. The topological polar surface area (TPSA) is 93.1 Å². The number of fused-ring (bicyclic) bond motifs is 5. The van der Waals surface area contributed by atoms with Crippen LogP contribution in [0.25, 0.3) is 0 Å². The van der Waals surface area contributed by atoms with Crippen LogP contribution < -0.4 is 5.32 Å². The number of carbonyl (C=O) groups is 2. The Bertz CT molecular complexity index is 1470. The number of carbonyl (C=O) groups excluding carboxylic acids is 2. The third kappa shape index (κ3) is 7.01. The summed E-state index contributed by atoms with van der Waals surface area (Å²) in [6, 6.07) is 9.50. The van der Waals surface area contributed by atoms with Crippen molar-refractivity contribution >= 4 is 11.8 Å². The molecular weight excluding hydrogens is 635 g/mol. The van der Waals surface area contributed by atoms with Crippen molar-refractivity contribution in [2.24, 2.45) is 46.3 Å². The van der Waals surface area contributed by atoms with Crippen molar-refractivity contribution in [3.63, 3.8) is 0 Å². The van der Waals surface area contributed by atoms with Crippen molar-refractivity contribution in [1.82, 2.24) is 15.1 Å². The first-order valence-corrected chi connectivity index (χ1v) is 20.5. The summed E-state index contributed by atoms with van der Waals surface area (Å²) < 4.78 is 0. The molecule has 1 heterocycles. The van der Waals surface area contributed by atoms with Crippen LogP contribution >= 0.6 is 0 Å². The second kappa shape index (κ2) is 14.7. The number of allylic oxidation sites excluding steroid dienone is 2. The van der Waals surface area contributed by atoms with E-state index >= 15 is 0 Å². The van der Waals surface area contributed by atoms with Crippen LogP contribution in [0.15, 0.2) is 54.1 Å². The van der Waals surface area contributed by atoms with Crippen molar-refractivity contribution in [2.75, 3.05) is 26.2 Å². The van der Waals surface area contributed by atoms with E-state index in [4.69, 9.17) is 0 Å². The molecule has 1 aromatic carbocycles. The molecule has 1 aromatic rings. The highest BCUT2D eigenvalue weighted by atomic mass is 16.3. The van der Waals surface area contributed by atoms with E-state index in [1.165, 1.54) is 32.1 Å². The van der Waals surface area contributed by atoms with Gasteiger partial charge in [0.25, 0.3) is 0 Å². The zero-order valence-electron chi connectivity index (χ0n) is 31.9. The van der Waals surface area contributed by atoms with E-state index in [0.29, 0.717) is 55.5 Å². The number of hydrogen-bond acceptors (Lipinski definition) is 5. The predicted octanol–water partition coefficient (Wildman–Crippen LogP) is 6.54. The first-order valence-electron chi connectivity index (χ1n) is 20.5. The van der Waals surface area contributed by atoms with Gasteiger partial charge in [0.05, 0.1) is 12.2 Å². The van der Waals surface area contributed by atoms with Crippen LogP contribution in [-0.4, -0.2) is 82.3 Å². The van der Waals surface area contributed by atoms with Gasteiger partial charge in [-0.1, -0.05) is 62.4 Å². The molecule has 1 aliphatic heterocycles. The van der Waals surface area contributed by atoms with Crippen LogP contribution in [-0.2, 0) is 16.0 Å². The molecule has 0 unspecified atom stereocenters. The Morgan fingerprint density at radius 2 is 1.71 bits per heavy atom. The van der Waals surface area contributed by atoms with Crippen LogP contribution in [0.2, 0.25) is 0 Å². The van der Waals surface area contributed by atoms with Crippen molar-refractivity contribution in [3.8, 4) is 0 Å². The maximum Gasteiger partial charge on any atom is 0.247 e. The third-order valence-corrected chi connectivity index (χ3v) is 15.7. The molecule has 5 aliphatic carbocycles. The van der Waals surface area contributed by atoms with Gasteiger partial charge in [-0.3, -0.25) is 14.5 Å². The Labute approximate surface area is 307 Å². The van der Waals surface area contributed by atoms with Gasteiger partial charge in [0.2, 0.25) is 11.8 Å². The average molecular weight is 700 g/mol. The van der Waals surface area contributed by atoms with E-state index in [0.717, 1.165) is 67.8 Å². The molecule has 4 saturated carbocycles. The minimum atomic E-state index is -0.619. The molecule has 2 amide bonds. The Kier molecular flexibility index (Phi) is 10.7. The number of aliphatic hydroxyl groups excluding tert-OH is 2. The zero-order valence-corrected chi connectivity index (χ0v) is 31.9. The summed E-state index contributed by atoms with van der Waals surface area (Å²) in [5.74, 6) is 3.41. The Morgan fingerprint density at radius 3 is 2.37 bits per heavy atom. The maximum absolute atomic E-state index is 14.2. The molecule has 12 atom stereocenters. The summed E-state index contributed by atoms with van der Waals surface area (Å²) in [5.41, 5.74) is 3.46. The predicted molar refractivity (Wildman–Crippen MR) is 203 cm³/mol. The first kappa shape index (κ1) is 36.9. The van der Waals surface area contributed by atoms with E-state index in [1.54, 1.807) is 0 Å². The summed E-state index contributed by atoms with van der Waals surface area (Å²) in [6.45, 7) is 16.0. The standard InChI is InChI=1S/C44H65N3O4/c1-28(2)31-11-13-32(14-12-31)41(50)45-38(25-30-9-7-6-8-10-30)42(51)47-23-21-46(22-24-47)39-27-44(5)33(26-40(39)49)15-16-34-36-18-17-35(29(3)48)43(36,4)20-19-37(34)44/h6-10,13,29,31,33-40,48-49H,1,11-12,14-27H2,2-5H3,(H,45,50)/t29-,31-,33+,34+,35-,36+,37+,38-,39+,40+,43-,44+/m1/s1. The van der Waals surface area contributed by atoms with Gasteiger partial charge in [-0.05, 0) is 136 Å². The van der Waals surface area contributed by atoms with Crippen molar-refractivity contribution in [1.29, 1.82) is 0 Å². The molecule has 0 bridgehead atoms. The molecule has 0 radical (unpaired) electrons. The van der Waals surface area contributed by atoms with Gasteiger partial charge >= 0.3 is 0 Å². The third-order valence-electron chi connectivity index (χ3n) is 15.7. The Morgan fingerprint density at radius 1 is 0.980 bits per heavy atom. The lowest BCUT2D eigenvalue weighted by Crippen LogP contribution is -2.63. The van der Waals surface area contributed by atoms with Gasteiger partial charge in [0, 0.05) is 44.2 Å². The van der Waals surface area contributed by atoms with Gasteiger partial charge in [0.15, 0.2) is 0 Å². The van der Waals surface area contributed by atoms with Crippen LogP contribution in [0.5, 0.6) is 0 Å². The van der Waals surface area contributed by atoms with Crippen LogP contribution in [0.1, 0.15) is 104 Å². The summed E-state index contributed by atoms with van der Waals surface area (Å²) in [7, 11) is 0. The molecule has 7 rings (SSSR count). The van der Waals surface area contributed by atoms with Crippen molar-refractivity contribution in [2.45, 2.75) is 129 Å². The summed E-state index contributed by atoms with van der Waals surface area (Å²) in [4.78, 5) is 32.1. The maximum atomic E-state index is 14.2. The molecule has 0 spiro atoms. The van der Waals surface area contributed by atoms with E-state index in [1.807, 2.05) is 48.2 Å². The van der Waals surface area contributed by atoms with Crippen molar-refractivity contribution < 1.29 is 19.8 Å². The number of nitrogens with one attached hydrogen (secondary N) is 1. The van der Waals surface area contributed by atoms with E-state index in [9.17, 15) is 19.8 Å². The second-order valence-electron chi connectivity index (χ2n) is 18.3. The normalized spacial score (nSPS) is 39.5. The molecule has 280 valence electrons. The lowest BCUT2D eigenvalue weighted by atomic mass is 9.44. The number of aliphatic hydroxyl groups is 2. The largest absolute Gasteiger partial charge is 0.393 e. The van der Waals surface area contributed by atoms with Gasteiger partial charge in [-0.15, -0.1) is 0 Å². The summed E-state index contributed by atoms with van der Waals surface area (Å²) in [5, 5.41) is 25.5. The van der Waals surface area contributed by atoms with E-state index in [2.05, 4.69) is 37.6 Å². The second-order valence-corrected chi connectivity index (χ2v) is 18.3. The summed E-state index contributed by atoms with van der Waals surface area (Å²) in [6.07, 6.45) is 13.7. The molecule has 1 saturated heterocycles. The number of piperazine rings is 1. The number of nitrogens with zero attached hydrogens (tertiary/aromatic N) is 2. The van der Waals surface area contributed by atoms with E-state index in [-0.39, 0.29) is 40.9 Å². The first-order chi connectivity index (χ1) is 24.4. The Balaban J connectivity index is 1.01. The van der Waals surface area contributed by atoms with Crippen LogP contribution in [0.3, 0.4) is 0 Å². The lowest BCUT2D eigenvalue weighted by Gasteiger charge is -2.63. The van der Waals surface area contributed by atoms with Crippen LogP contribution in [0.4, 0.5) is 0 Å². The molecule has 0 aromatic heterocycles. The number of rotatable bonds is 8. The highest BCUT2D eigenvalue weighted by molar-refractivity contribution is 5.97. The fraction of sp³-hybridized carbons (Fsp3) is 0.727. The van der Waals surface area contributed by atoms with Crippen molar-refractivity contribution in [3.05, 3.63) is 59.7 Å². The van der Waals surface area contributed by atoms with Gasteiger partial charge in [0.1, 0.15) is 6.04 Å². The fourth-order valence-corrected chi connectivity index (χ4v) is 12.8. The molecule has 3 N–H and O–H groups in total. The number of hydrogen-bond donors (Lipinski definition) is 3. The summed E-state index contributed by atoms with van der Waals surface area (Å²) >= 11 is 0. The minimum Gasteiger partial charge on any atom is -0.393 e. The highest BCUT2D eigenvalue weighted by Gasteiger charge is 2.62. The highest BCUT2D eigenvalue weighted by Crippen LogP contribution is 2.68. The molecular formula is C44H65N3O4. The fourth-order valence-electron chi connectivity index (χ4n) is 12.8. The molecule has 51 heavy (non-hydrogen) atoms. The number of benzene rings is 1. The van der Waals surface area contributed by atoms with E-state index < -0.39 is 6.04 Å². The quantitative estimate of drug-likeness (QED) is 0.268. The van der Waals surface area contributed by atoms with Gasteiger partial charge < -0.3 is 20.4 Å². The molecule has 6 aliphatic rings. The smallest absolute Gasteiger partial charge is 0.247 e. The van der Waals surface area contributed by atoms with Crippen LogP contribution in [0, 0.1) is 46.3 Å². The zero-order chi connectivity index (χ0) is 36.1. The molecule has 7 nitrogen and oxygen atoms in total. The van der Waals surface area contributed by atoms with Gasteiger partial charge in [-0.25, -0.2) is 0 Å². The van der Waals surface area contributed by atoms with Gasteiger partial charge in [-0.2, -0.15) is 0 Å². The lowest BCUT2D eigenvalue weighted by molar-refractivity contribution is -0.156. The monoisotopic (exact) mass is 699 g/mol. The SMILES string of the molecule is C=C(C)[C@@H]1CC=C(C(=O)N[C@H](Cc2ccccc2)C(=O)N2CCN([C@H]3C[C@@]4(C)[C@@H](CC[C@@H]5[C@@H]4CC[C@]4(C)[C@@H]([C@@H](C)O)CC[C@@H]54)C[C@@H]3O)CC2)CC1.